The zero-order valence-corrected chi connectivity index (χ0v) is 13.7. The zero-order valence-electron chi connectivity index (χ0n) is 12.1. The van der Waals surface area contributed by atoms with Crippen molar-refractivity contribution >= 4 is 15.9 Å². The second-order valence-electron chi connectivity index (χ2n) is 5.79. The molecule has 1 fully saturated rings. The number of halogens is 3. The molecule has 1 aliphatic rings. The van der Waals surface area contributed by atoms with Crippen LogP contribution in [-0.4, -0.2) is 13.1 Å². The van der Waals surface area contributed by atoms with Crippen LogP contribution in [0.3, 0.4) is 0 Å². The fourth-order valence-corrected chi connectivity index (χ4v) is 3.98. The van der Waals surface area contributed by atoms with E-state index in [9.17, 15) is 8.78 Å². The molecule has 0 aromatic heterocycles. The van der Waals surface area contributed by atoms with Crippen molar-refractivity contribution in [3.05, 3.63) is 33.8 Å². The molecule has 20 heavy (non-hydrogen) atoms. The van der Waals surface area contributed by atoms with Crippen LogP contribution >= 0.6 is 15.9 Å². The zero-order chi connectivity index (χ0) is 14.8. The van der Waals surface area contributed by atoms with E-state index < -0.39 is 11.6 Å². The second kappa shape index (κ2) is 6.52. The third-order valence-corrected chi connectivity index (χ3v) is 5.55. The highest BCUT2D eigenvalue weighted by molar-refractivity contribution is 9.10. The van der Waals surface area contributed by atoms with E-state index >= 15 is 0 Å². The van der Waals surface area contributed by atoms with Crippen molar-refractivity contribution in [3.8, 4) is 0 Å². The van der Waals surface area contributed by atoms with Crippen molar-refractivity contribution in [2.24, 2.45) is 5.41 Å². The Bertz CT molecular complexity index is 470. The first-order chi connectivity index (χ1) is 9.54. The fraction of sp³-hybridized carbons (Fsp3) is 0.625. The lowest BCUT2D eigenvalue weighted by atomic mass is 9.74. The fourth-order valence-electron chi connectivity index (χ4n) is 3.61. The van der Waals surface area contributed by atoms with Gasteiger partial charge >= 0.3 is 0 Å². The van der Waals surface area contributed by atoms with Crippen LogP contribution < -0.4 is 5.32 Å². The van der Waals surface area contributed by atoms with Gasteiger partial charge in [0, 0.05) is 11.6 Å². The van der Waals surface area contributed by atoms with Crippen molar-refractivity contribution in [1.29, 1.82) is 0 Å². The Hall–Kier alpha value is -0.480. The molecule has 112 valence electrons. The van der Waals surface area contributed by atoms with E-state index in [1.165, 1.54) is 25.0 Å². The molecule has 1 aromatic carbocycles. The minimum atomic E-state index is -0.463. The minimum Gasteiger partial charge on any atom is -0.316 e. The molecule has 1 N–H and O–H groups in total. The Balaban J connectivity index is 2.29. The molecule has 0 spiro atoms. The molecule has 1 unspecified atom stereocenters. The summed E-state index contributed by atoms with van der Waals surface area (Å²) in [5.74, 6) is -0.912. The van der Waals surface area contributed by atoms with Gasteiger partial charge in [0.2, 0.25) is 0 Å². The van der Waals surface area contributed by atoms with Gasteiger partial charge in [0.25, 0.3) is 0 Å². The van der Waals surface area contributed by atoms with Gasteiger partial charge in [0.1, 0.15) is 11.6 Å². The molecule has 0 amide bonds. The first-order valence-electron chi connectivity index (χ1n) is 7.33. The van der Waals surface area contributed by atoms with Crippen molar-refractivity contribution in [1.82, 2.24) is 5.32 Å². The lowest BCUT2D eigenvalue weighted by Gasteiger charge is -2.37. The van der Waals surface area contributed by atoms with E-state index in [1.807, 2.05) is 7.05 Å². The molecule has 4 heteroatoms. The summed E-state index contributed by atoms with van der Waals surface area (Å²) >= 11 is 3.14. The summed E-state index contributed by atoms with van der Waals surface area (Å²) in [5.41, 5.74) is 0.370. The summed E-state index contributed by atoms with van der Waals surface area (Å²) in [4.78, 5) is 0. The van der Waals surface area contributed by atoms with Crippen LogP contribution in [0, 0.1) is 17.0 Å². The van der Waals surface area contributed by atoms with Gasteiger partial charge in [0.15, 0.2) is 0 Å². The van der Waals surface area contributed by atoms with Crippen LogP contribution in [0.25, 0.3) is 0 Å². The molecule has 1 atom stereocenters. The van der Waals surface area contributed by atoms with Crippen LogP contribution in [0.1, 0.15) is 44.6 Å². The van der Waals surface area contributed by atoms with Crippen molar-refractivity contribution in [2.45, 2.75) is 51.5 Å². The quantitative estimate of drug-likeness (QED) is 0.753. The van der Waals surface area contributed by atoms with Gasteiger partial charge in [-0.15, -0.1) is 0 Å². The third kappa shape index (κ3) is 2.91. The van der Waals surface area contributed by atoms with Crippen LogP contribution in [0.15, 0.2) is 16.6 Å². The SMILES string of the molecule is CCC1(C(Cc2c(F)ccc(Br)c2F)NC)CCCC1. The highest BCUT2D eigenvalue weighted by Crippen LogP contribution is 2.45. The van der Waals surface area contributed by atoms with E-state index in [4.69, 9.17) is 0 Å². The molecule has 0 aliphatic heterocycles. The van der Waals surface area contributed by atoms with Gasteiger partial charge in [0.05, 0.1) is 4.47 Å². The Morgan fingerprint density at radius 2 is 1.95 bits per heavy atom. The average Bonchev–Trinajstić information content (AvgIpc) is 2.93. The van der Waals surface area contributed by atoms with Crippen LogP contribution in [0.5, 0.6) is 0 Å². The molecule has 1 aliphatic carbocycles. The predicted molar refractivity (Wildman–Crippen MR) is 81.8 cm³/mol. The molecule has 1 aromatic rings. The number of hydrogen-bond acceptors (Lipinski definition) is 1. The number of benzene rings is 1. The number of hydrogen-bond donors (Lipinski definition) is 1. The Morgan fingerprint density at radius 1 is 1.30 bits per heavy atom. The Morgan fingerprint density at radius 3 is 2.50 bits per heavy atom. The van der Waals surface area contributed by atoms with Crippen LogP contribution in [0.2, 0.25) is 0 Å². The molecule has 0 saturated heterocycles. The maximum atomic E-state index is 14.2. The van der Waals surface area contributed by atoms with Gasteiger partial charge in [-0.05, 0) is 66.2 Å². The van der Waals surface area contributed by atoms with Gasteiger partial charge in [-0.2, -0.15) is 0 Å². The standard InChI is InChI=1S/C16H22BrF2N/c1-3-16(8-4-5-9-16)14(20-2)10-11-13(18)7-6-12(17)15(11)19/h6-7,14,20H,3-5,8-10H2,1-2H3. The number of likely N-dealkylation sites (N-methyl/N-ethyl adjacent to an activating group) is 1. The Labute approximate surface area is 128 Å². The van der Waals surface area contributed by atoms with Crippen molar-refractivity contribution < 1.29 is 8.78 Å². The van der Waals surface area contributed by atoms with Gasteiger partial charge in [-0.25, -0.2) is 8.78 Å². The minimum absolute atomic E-state index is 0.119. The first kappa shape index (κ1) is 15.9. The van der Waals surface area contributed by atoms with E-state index in [0.717, 1.165) is 19.3 Å². The normalized spacial score (nSPS) is 19.2. The highest BCUT2D eigenvalue weighted by atomic mass is 79.9. The predicted octanol–water partition coefficient (Wildman–Crippen LogP) is 4.83. The lowest BCUT2D eigenvalue weighted by Crippen LogP contribution is -2.43. The van der Waals surface area contributed by atoms with Crippen LogP contribution in [-0.2, 0) is 6.42 Å². The van der Waals surface area contributed by atoms with Gasteiger partial charge < -0.3 is 5.32 Å². The summed E-state index contributed by atoms with van der Waals surface area (Å²) in [7, 11) is 1.90. The topological polar surface area (TPSA) is 12.0 Å². The maximum Gasteiger partial charge on any atom is 0.143 e. The Kier molecular flexibility index (Phi) is 5.19. The van der Waals surface area contributed by atoms with Crippen molar-refractivity contribution in [2.75, 3.05) is 7.05 Å². The van der Waals surface area contributed by atoms with Crippen LogP contribution in [0.4, 0.5) is 8.78 Å². The third-order valence-electron chi connectivity index (χ3n) is 4.94. The molecule has 1 saturated carbocycles. The second-order valence-corrected chi connectivity index (χ2v) is 6.64. The van der Waals surface area contributed by atoms with E-state index in [2.05, 4.69) is 28.2 Å². The summed E-state index contributed by atoms with van der Waals surface area (Å²) in [5, 5.41) is 3.31. The smallest absolute Gasteiger partial charge is 0.143 e. The lowest BCUT2D eigenvalue weighted by molar-refractivity contribution is 0.190. The monoisotopic (exact) mass is 345 g/mol. The summed E-state index contributed by atoms with van der Waals surface area (Å²) in [6, 6.07) is 2.88. The number of rotatable bonds is 5. The molecule has 2 rings (SSSR count). The molecule has 0 radical (unpaired) electrons. The summed E-state index contributed by atoms with van der Waals surface area (Å²) in [6.45, 7) is 2.18. The average molecular weight is 346 g/mol. The van der Waals surface area contributed by atoms with Gasteiger partial charge in [-0.1, -0.05) is 19.8 Å². The summed E-state index contributed by atoms with van der Waals surface area (Å²) < 4.78 is 28.4. The van der Waals surface area contributed by atoms with E-state index in [-0.39, 0.29) is 17.0 Å². The molecule has 0 heterocycles. The largest absolute Gasteiger partial charge is 0.316 e. The van der Waals surface area contributed by atoms with E-state index in [0.29, 0.717) is 10.9 Å². The molecule has 1 nitrogen and oxygen atoms in total. The highest BCUT2D eigenvalue weighted by Gasteiger charge is 2.39. The van der Waals surface area contributed by atoms with Crippen molar-refractivity contribution in [3.63, 3.8) is 0 Å². The van der Waals surface area contributed by atoms with E-state index in [1.54, 1.807) is 0 Å². The molecular weight excluding hydrogens is 324 g/mol. The molecular formula is C16H22BrF2N. The first-order valence-corrected chi connectivity index (χ1v) is 8.13. The van der Waals surface area contributed by atoms with Gasteiger partial charge in [-0.3, -0.25) is 0 Å². The maximum absolute atomic E-state index is 14.2. The summed E-state index contributed by atoms with van der Waals surface area (Å²) in [6.07, 6.45) is 6.18. The number of nitrogens with one attached hydrogen (secondary N) is 1. The molecule has 0 bridgehead atoms.